The van der Waals surface area contributed by atoms with Crippen LogP contribution < -0.4 is 0 Å². The monoisotopic (exact) mass is 270 g/mol. The van der Waals surface area contributed by atoms with E-state index in [4.69, 9.17) is 14.6 Å². The highest BCUT2D eigenvalue weighted by atomic mass is 32.2. The van der Waals surface area contributed by atoms with E-state index in [1.165, 1.54) is 11.8 Å². The second kappa shape index (κ2) is 5.64. The number of aryl methyl sites for hydroxylation is 1. The first-order valence-electron chi connectivity index (χ1n) is 5.48. The number of ether oxygens (including phenoxy) is 2. The van der Waals surface area contributed by atoms with E-state index in [-0.39, 0.29) is 6.42 Å². The fourth-order valence-electron chi connectivity index (χ4n) is 1.81. The smallest absolute Gasteiger partial charge is 0.309 e. The van der Waals surface area contributed by atoms with Crippen LogP contribution in [0.1, 0.15) is 23.4 Å². The van der Waals surface area contributed by atoms with Gasteiger partial charge in [0.25, 0.3) is 0 Å². The van der Waals surface area contributed by atoms with Crippen molar-refractivity contribution in [2.75, 3.05) is 19.5 Å². The molecule has 0 atom stereocenters. The summed E-state index contributed by atoms with van der Waals surface area (Å²) in [4.78, 5) is 19.4. The number of carboxylic acids is 1. The average molecular weight is 270 g/mol. The lowest BCUT2D eigenvalue weighted by atomic mass is 10.1. The van der Waals surface area contributed by atoms with Crippen LogP contribution in [0.15, 0.2) is 5.03 Å². The maximum absolute atomic E-state index is 10.9. The van der Waals surface area contributed by atoms with Crippen LogP contribution in [0.25, 0.3) is 0 Å². The normalized spacial score (nSPS) is 16.1. The van der Waals surface area contributed by atoms with Gasteiger partial charge in [0.2, 0.25) is 0 Å². The molecule has 1 aliphatic heterocycles. The van der Waals surface area contributed by atoms with Crippen LogP contribution in [0.2, 0.25) is 0 Å². The lowest BCUT2D eigenvalue weighted by molar-refractivity contribution is -0.136. The lowest BCUT2D eigenvalue weighted by Crippen LogP contribution is -2.14. The van der Waals surface area contributed by atoms with Gasteiger partial charge in [-0.1, -0.05) is 0 Å². The molecule has 1 aromatic heterocycles. The van der Waals surface area contributed by atoms with E-state index in [9.17, 15) is 4.79 Å². The zero-order valence-corrected chi connectivity index (χ0v) is 11.0. The molecule has 0 saturated carbocycles. The van der Waals surface area contributed by atoms with Crippen molar-refractivity contribution in [3.8, 4) is 0 Å². The topological polar surface area (TPSA) is 81.5 Å². The summed E-state index contributed by atoms with van der Waals surface area (Å²) in [5, 5.41) is 9.65. The SMILES string of the molecule is CSc1nc(C)nc(CC(=O)O)c1C1OCCO1. The second-order valence-corrected chi connectivity index (χ2v) is 4.58. The van der Waals surface area contributed by atoms with Crippen LogP contribution in [-0.2, 0) is 20.7 Å². The highest BCUT2D eigenvalue weighted by Gasteiger charge is 2.27. The quantitative estimate of drug-likeness (QED) is 0.649. The molecule has 1 fully saturated rings. The first-order chi connectivity index (χ1) is 8.61. The molecule has 2 rings (SSSR count). The molecule has 6 nitrogen and oxygen atoms in total. The predicted molar refractivity (Wildman–Crippen MR) is 64.5 cm³/mol. The van der Waals surface area contributed by atoms with Crippen molar-refractivity contribution in [1.29, 1.82) is 0 Å². The molecule has 18 heavy (non-hydrogen) atoms. The van der Waals surface area contributed by atoms with Crippen LogP contribution >= 0.6 is 11.8 Å². The zero-order valence-electron chi connectivity index (χ0n) is 10.2. The van der Waals surface area contributed by atoms with Crippen molar-refractivity contribution in [2.45, 2.75) is 24.7 Å². The molecule has 0 radical (unpaired) electrons. The molecule has 98 valence electrons. The van der Waals surface area contributed by atoms with Crippen LogP contribution in [0, 0.1) is 6.92 Å². The molecule has 0 bridgehead atoms. The number of carboxylic acid groups (broad SMARTS) is 1. The van der Waals surface area contributed by atoms with E-state index >= 15 is 0 Å². The van der Waals surface area contributed by atoms with Gasteiger partial charge in [-0.05, 0) is 13.2 Å². The lowest BCUT2D eigenvalue weighted by Gasteiger charge is -2.16. The summed E-state index contributed by atoms with van der Waals surface area (Å²) in [5.41, 5.74) is 1.11. The molecule has 0 spiro atoms. The summed E-state index contributed by atoms with van der Waals surface area (Å²) >= 11 is 1.43. The molecule has 2 heterocycles. The summed E-state index contributed by atoms with van der Waals surface area (Å²) in [6.45, 7) is 2.74. The molecule has 7 heteroatoms. The fourth-order valence-corrected chi connectivity index (χ4v) is 2.46. The number of hydrogen-bond acceptors (Lipinski definition) is 6. The molecular weight excluding hydrogens is 256 g/mol. The van der Waals surface area contributed by atoms with Gasteiger partial charge in [-0.25, -0.2) is 9.97 Å². The van der Waals surface area contributed by atoms with E-state index in [2.05, 4.69) is 9.97 Å². The van der Waals surface area contributed by atoms with E-state index in [0.29, 0.717) is 35.3 Å². The zero-order chi connectivity index (χ0) is 13.1. The first-order valence-corrected chi connectivity index (χ1v) is 6.70. The highest BCUT2D eigenvalue weighted by molar-refractivity contribution is 7.98. The number of aromatic nitrogens is 2. The number of thioether (sulfide) groups is 1. The maximum atomic E-state index is 10.9. The number of aliphatic carboxylic acids is 1. The van der Waals surface area contributed by atoms with Gasteiger partial charge in [0.15, 0.2) is 6.29 Å². The Kier molecular flexibility index (Phi) is 4.15. The Morgan fingerprint density at radius 3 is 2.67 bits per heavy atom. The van der Waals surface area contributed by atoms with Crippen LogP contribution in [0.4, 0.5) is 0 Å². The van der Waals surface area contributed by atoms with Crippen molar-refractivity contribution in [1.82, 2.24) is 9.97 Å². The summed E-state index contributed by atoms with van der Waals surface area (Å²) in [6.07, 6.45) is 1.17. The molecule has 1 saturated heterocycles. The third-order valence-electron chi connectivity index (χ3n) is 2.47. The molecule has 0 aliphatic carbocycles. The molecule has 0 amide bonds. The molecule has 0 unspecified atom stereocenters. The van der Waals surface area contributed by atoms with Gasteiger partial charge in [0, 0.05) is 0 Å². The van der Waals surface area contributed by atoms with Gasteiger partial charge in [-0.15, -0.1) is 11.8 Å². The summed E-state index contributed by atoms with van der Waals surface area (Å²) < 4.78 is 10.9. The van der Waals surface area contributed by atoms with E-state index in [1.807, 2.05) is 6.26 Å². The first kappa shape index (κ1) is 13.3. The van der Waals surface area contributed by atoms with Gasteiger partial charge in [0.05, 0.1) is 30.9 Å². The Morgan fingerprint density at radius 2 is 2.11 bits per heavy atom. The van der Waals surface area contributed by atoms with Crippen molar-refractivity contribution in [3.63, 3.8) is 0 Å². The minimum absolute atomic E-state index is 0.157. The van der Waals surface area contributed by atoms with Crippen LogP contribution in [0.3, 0.4) is 0 Å². The summed E-state index contributed by atoms with van der Waals surface area (Å²) in [5.74, 6) is -0.378. The Bertz CT molecular complexity index is 461. The predicted octanol–water partition coefficient (Wildman–Crippen LogP) is 1.18. The van der Waals surface area contributed by atoms with Gasteiger partial charge >= 0.3 is 5.97 Å². The standard InChI is InChI=1S/C11H14N2O4S/c1-6-12-7(5-8(14)15)9(10(13-6)18-2)11-16-3-4-17-11/h11H,3-5H2,1-2H3,(H,14,15). The van der Waals surface area contributed by atoms with Crippen molar-refractivity contribution in [2.24, 2.45) is 0 Å². The third-order valence-corrected chi connectivity index (χ3v) is 3.17. The van der Waals surface area contributed by atoms with Crippen molar-refractivity contribution < 1.29 is 19.4 Å². The minimum Gasteiger partial charge on any atom is -0.481 e. The van der Waals surface area contributed by atoms with Crippen LogP contribution in [-0.4, -0.2) is 40.5 Å². The largest absolute Gasteiger partial charge is 0.481 e. The molecular formula is C11H14N2O4S. The summed E-state index contributed by atoms with van der Waals surface area (Å²) in [6, 6.07) is 0. The average Bonchev–Trinajstić information content (AvgIpc) is 2.80. The van der Waals surface area contributed by atoms with Gasteiger partial charge in [-0.3, -0.25) is 4.79 Å². The Balaban J connectivity index is 2.46. The van der Waals surface area contributed by atoms with Gasteiger partial charge in [0.1, 0.15) is 10.9 Å². The van der Waals surface area contributed by atoms with E-state index < -0.39 is 12.3 Å². The number of nitrogens with zero attached hydrogens (tertiary/aromatic N) is 2. The second-order valence-electron chi connectivity index (χ2n) is 3.78. The van der Waals surface area contributed by atoms with E-state index in [1.54, 1.807) is 6.92 Å². The number of rotatable bonds is 4. The van der Waals surface area contributed by atoms with Gasteiger partial charge in [-0.2, -0.15) is 0 Å². The summed E-state index contributed by atoms with van der Waals surface area (Å²) in [7, 11) is 0. The maximum Gasteiger partial charge on any atom is 0.309 e. The van der Waals surface area contributed by atoms with Crippen molar-refractivity contribution in [3.05, 3.63) is 17.1 Å². The number of carbonyl (C=O) groups is 1. The molecule has 1 N–H and O–H groups in total. The highest BCUT2D eigenvalue weighted by Crippen LogP contribution is 2.32. The molecule has 1 aromatic rings. The Morgan fingerprint density at radius 1 is 1.44 bits per heavy atom. The van der Waals surface area contributed by atoms with Gasteiger partial charge < -0.3 is 14.6 Å². The Labute approximate surface area is 109 Å². The molecule has 1 aliphatic rings. The third kappa shape index (κ3) is 2.80. The molecule has 0 aromatic carbocycles. The fraction of sp³-hybridized carbons (Fsp3) is 0.545. The Hall–Kier alpha value is -1.18. The van der Waals surface area contributed by atoms with Crippen molar-refractivity contribution >= 4 is 17.7 Å². The minimum atomic E-state index is -0.931. The number of hydrogen-bond donors (Lipinski definition) is 1. The van der Waals surface area contributed by atoms with E-state index in [0.717, 1.165) is 0 Å². The van der Waals surface area contributed by atoms with Crippen LogP contribution in [0.5, 0.6) is 0 Å².